The number of nitrogens with one attached hydrogen (secondary N) is 1. The minimum absolute atomic E-state index is 0.0296. The number of amides is 2. The standard InChI is InChI=1S/C28H33N3O5/c1-2-30(18-27(32)29-20-7-9-21(10-8-20)31-13-15-34-16-14-31)28(33)19-35-22-11-12-26-24(17-22)23-5-3-4-6-25(23)36-26/h7-12,17H,2-6,13-16,18-19H2,1H3,(H,29,32). The number of likely N-dealkylation sites (N-methyl/N-ethyl adjacent to an activating group) is 1. The van der Waals surface area contributed by atoms with Crippen LogP contribution in [0.3, 0.4) is 0 Å². The normalized spacial score (nSPS) is 15.4. The van der Waals surface area contributed by atoms with Crippen LogP contribution in [0.1, 0.15) is 31.1 Å². The largest absolute Gasteiger partial charge is 0.484 e. The molecule has 0 spiro atoms. The summed E-state index contributed by atoms with van der Waals surface area (Å²) in [6.45, 7) is 5.29. The van der Waals surface area contributed by atoms with E-state index in [4.69, 9.17) is 13.9 Å². The molecule has 2 amide bonds. The van der Waals surface area contributed by atoms with E-state index in [1.165, 1.54) is 10.5 Å². The maximum Gasteiger partial charge on any atom is 0.260 e. The summed E-state index contributed by atoms with van der Waals surface area (Å²) >= 11 is 0. The summed E-state index contributed by atoms with van der Waals surface area (Å²) < 4.78 is 17.2. The van der Waals surface area contributed by atoms with Crippen LogP contribution >= 0.6 is 0 Å². The van der Waals surface area contributed by atoms with Crippen LogP contribution in [0.15, 0.2) is 46.9 Å². The summed E-state index contributed by atoms with van der Waals surface area (Å²) in [5.41, 5.74) is 3.93. The molecule has 8 nitrogen and oxygen atoms in total. The third-order valence-corrected chi connectivity index (χ3v) is 6.89. The zero-order valence-electron chi connectivity index (χ0n) is 20.8. The van der Waals surface area contributed by atoms with Gasteiger partial charge in [0.05, 0.1) is 19.8 Å². The molecular weight excluding hydrogens is 458 g/mol. The van der Waals surface area contributed by atoms with E-state index in [0.29, 0.717) is 18.0 Å². The van der Waals surface area contributed by atoms with E-state index in [1.807, 2.05) is 49.4 Å². The zero-order valence-corrected chi connectivity index (χ0v) is 20.8. The van der Waals surface area contributed by atoms with Gasteiger partial charge >= 0.3 is 0 Å². The van der Waals surface area contributed by atoms with Gasteiger partial charge in [-0.1, -0.05) is 0 Å². The predicted octanol–water partition coefficient (Wildman–Crippen LogP) is 4.01. The van der Waals surface area contributed by atoms with Crippen molar-refractivity contribution in [2.24, 2.45) is 0 Å². The van der Waals surface area contributed by atoms with Gasteiger partial charge in [-0.3, -0.25) is 9.59 Å². The fourth-order valence-electron chi connectivity index (χ4n) is 4.90. The Kier molecular flexibility index (Phi) is 7.41. The van der Waals surface area contributed by atoms with E-state index in [1.54, 1.807) is 0 Å². The Morgan fingerprint density at radius 1 is 1.06 bits per heavy atom. The number of ether oxygens (including phenoxy) is 2. The number of carbonyl (C=O) groups excluding carboxylic acids is 2. The maximum atomic E-state index is 12.8. The van der Waals surface area contributed by atoms with Gasteiger partial charge in [0.2, 0.25) is 5.91 Å². The average Bonchev–Trinajstić information content (AvgIpc) is 3.29. The molecule has 1 aromatic heterocycles. The molecule has 1 fully saturated rings. The molecule has 2 heterocycles. The van der Waals surface area contributed by atoms with Gasteiger partial charge in [-0.05, 0) is 68.7 Å². The molecule has 1 saturated heterocycles. The van der Waals surface area contributed by atoms with Crippen molar-refractivity contribution in [1.29, 1.82) is 0 Å². The van der Waals surface area contributed by atoms with Crippen LogP contribution in [0.4, 0.5) is 11.4 Å². The van der Waals surface area contributed by atoms with Gasteiger partial charge in [0.25, 0.3) is 5.91 Å². The number of hydrogen-bond acceptors (Lipinski definition) is 6. The average molecular weight is 492 g/mol. The van der Waals surface area contributed by atoms with E-state index in [2.05, 4.69) is 10.2 Å². The minimum Gasteiger partial charge on any atom is -0.484 e. The number of benzene rings is 2. The molecule has 1 N–H and O–H groups in total. The number of hydrogen-bond donors (Lipinski definition) is 1. The fraction of sp³-hybridized carbons (Fsp3) is 0.429. The topological polar surface area (TPSA) is 84.2 Å². The number of rotatable bonds is 8. The first-order chi connectivity index (χ1) is 17.6. The highest BCUT2D eigenvalue weighted by atomic mass is 16.5. The third kappa shape index (κ3) is 5.49. The molecule has 0 radical (unpaired) electrons. The molecule has 2 aromatic carbocycles. The van der Waals surface area contributed by atoms with Gasteiger partial charge in [-0.25, -0.2) is 0 Å². The van der Waals surface area contributed by atoms with Crippen molar-refractivity contribution in [2.75, 3.05) is 56.2 Å². The van der Waals surface area contributed by atoms with Gasteiger partial charge in [-0.2, -0.15) is 0 Å². The number of morpholine rings is 1. The number of carbonyl (C=O) groups is 2. The summed E-state index contributed by atoms with van der Waals surface area (Å²) in [4.78, 5) is 29.2. The third-order valence-electron chi connectivity index (χ3n) is 6.89. The second kappa shape index (κ2) is 11.0. The van der Waals surface area contributed by atoms with Gasteiger partial charge in [0, 0.05) is 48.4 Å². The number of nitrogens with zero attached hydrogens (tertiary/aromatic N) is 2. The van der Waals surface area contributed by atoms with Crippen molar-refractivity contribution in [3.63, 3.8) is 0 Å². The Labute approximate surface area is 211 Å². The predicted molar refractivity (Wildman–Crippen MR) is 139 cm³/mol. The van der Waals surface area contributed by atoms with Crippen LogP contribution in [-0.2, 0) is 27.2 Å². The lowest BCUT2D eigenvalue weighted by molar-refractivity contribution is -0.136. The Balaban J connectivity index is 1.14. The quantitative estimate of drug-likeness (QED) is 0.513. The van der Waals surface area contributed by atoms with E-state index in [-0.39, 0.29) is 25.0 Å². The van der Waals surface area contributed by atoms with E-state index in [0.717, 1.165) is 74.4 Å². The minimum atomic E-state index is -0.240. The Morgan fingerprint density at radius 3 is 2.61 bits per heavy atom. The summed E-state index contributed by atoms with van der Waals surface area (Å²) in [5, 5.41) is 3.95. The van der Waals surface area contributed by atoms with Crippen LogP contribution in [0.5, 0.6) is 5.75 Å². The van der Waals surface area contributed by atoms with Crippen LogP contribution in [0.2, 0.25) is 0 Å². The second-order valence-corrected chi connectivity index (χ2v) is 9.26. The number of aryl methyl sites for hydroxylation is 2. The number of fused-ring (bicyclic) bond motifs is 3. The summed E-state index contributed by atoms with van der Waals surface area (Å²) in [7, 11) is 0. The number of anilines is 2. The molecule has 0 saturated carbocycles. The number of furan rings is 1. The monoisotopic (exact) mass is 491 g/mol. The smallest absolute Gasteiger partial charge is 0.260 e. The lowest BCUT2D eigenvalue weighted by atomic mass is 9.96. The molecule has 1 aliphatic heterocycles. The molecular formula is C28H33N3O5. The highest BCUT2D eigenvalue weighted by Gasteiger charge is 2.20. The van der Waals surface area contributed by atoms with E-state index < -0.39 is 0 Å². The van der Waals surface area contributed by atoms with Gasteiger partial charge in [-0.15, -0.1) is 0 Å². The van der Waals surface area contributed by atoms with Gasteiger partial charge in [0.15, 0.2) is 6.61 Å². The van der Waals surface area contributed by atoms with E-state index >= 15 is 0 Å². The van der Waals surface area contributed by atoms with Gasteiger partial charge in [0.1, 0.15) is 17.1 Å². The fourth-order valence-corrected chi connectivity index (χ4v) is 4.90. The SMILES string of the molecule is CCN(CC(=O)Nc1ccc(N2CCOCC2)cc1)C(=O)COc1ccc2oc3c(c2c1)CCCC3. The molecule has 190 valence electrons. The molecule has 1 aliphatic carbocycles. The summed E-state index contributed by atoms with van der Waals surface area (Å²) in [5.74, 6) is 1.23. The Morgan fingerprint density at radius 2 is 1.83 bits per heavy atom. The van der Waals surface area contributed by atoms with Crippen LogP contribution in [-0.4, -0.2) is 62.7 Å². The molecule has 0 atom stereocenters. The maximum absolute atomic E-state index is 12.8. The molecule has 2 aliphatic rings. The lowest BCUT2D eigenvalue weighted by Gasteiger charge is -2.29. The van der Waals surface area contributed by atoms with Crippen LogP contribution < -0.4 is 15.0 Å². The Hall–Kier alpha value is -3.52. The van der Waals surface area contributed by atoms with Crippen LogP contribution in [0.25, 0.3) is 11.0 Å². The first-order valence-electron chi connectivity index (χ1n) is 12.8. The lowest BCUT2D eigenvalue weighted by Crippen LogP contribution is -2.40. The highest BCUT2D eigenvalue weighted by Crippen LogP contribution is 2.34. The molecule has 3 aromatic rings. The van der Waals surface area contributed by atoms with Crippen LogP contribution in [0, 0.1) is 0 Å². The molecule has 0 bridgehead atoms. The summed E-state index contributed by atoms with van der Waals surface area (Å²) in [6, 6.07) is 13.4. The molecule has 36 heavy (non-hydrogen) atoms. The first-order valence-corrected chi connectivity index (χ1v) is 12.8. The highest BCUT2D eigenvalue weighted by molar-refractivity contribution is 5.95. The van der Waals surface area contributed by atoms with Crippen molar-refractivity contribution in [1.82, 2.24) is 4.90 Å². The van der Waals surface area contributed by atoms with Crippen molar-refractivity contribution in [2.45, 2.75) is 32.6 Å². The van der Waals surface area contributed by atoms with Crippen molar-refractivity contribution >= 4 is 34.2 Å². The molecule has 8 heteroatoms. The zero-order chi connectivity index (χ0) is 24.9. The van der Waals surface area contributed by atoms with Gasteiger partial charge < -0.3 is 29.0 Å². The second-order valence-electron chi connectivity index (χ2n) is 9.26. The van der Waals surface area contributed by atoms with E-state index in [9.17, 15) is 9.59 Å². The summed E-state index contributed by atoms with van der Waals surface area (Å²) in [6.07, 6.45) is 4.31. The molecule has 0 unspecified atom stereocenters. The first kappa shape index (κ1) is 24.2. The molecule has 5 rings (SSSR count). The Bertz CT molecular complexity index is 1210. The van der Waals surface area contributed by atoms with Crippen molar-refractivity contribution < 1.29 is 23.5 Å². The van der Waals surface area contributed by atoms with Crippen molar-refractivity contribution in [3.8, 4) is 5.75 Å². The van der Waals surface area contributed by atoms with Crippen molar-refractivity contribution in [3.05, 3.63) is 53.8 Å².